The Morgan fingerprint density at radius 3 is 2.40 bits per heavy atom. The number of benzene rings is 2. The smallest absolute Gasteiger partial charge is 0.406 e. The van der Waals surface area contributed by atoms with Crippen molar-refractivity contribution in [1.29, 1.82) is 0 Å². The molecule has 0 amide bonds. The number of halogens is 3. The highest BCUT2D eigenvalue weighted by Crippen LogP contribution is 2.43. The molecule has 0 saturated heterocycles. The topological polar surface area (TPSA) is 105 Å². The monoisotopic (exact) mass is 580 g/mol. The van der Waals surface area contributed by atoms with Crippen molar-refractivity contribution < 1.29 is 27.0 Å². The summed E-state index contributed by atoms with van der Waals surface area (Å²) >= 11 is 0. The fraction of sp³-hybridized carbons (Fsp3) is 0.448. The predicted octanol–water partition coefficient (Wildman–Crippen LogP) is 7.82. The molecule has 7 nitrogen and oxygen atoms in total. The number of nitrogens with zero attached hydrogens (tertiary/aromatic N) is 1. The van der Waals surface area contributed by atoms with E-state index >= 15 is 0 Å². The molecule has 1 fully saturated rings. The van der Waals surface area contributed by atoms with Crippen LogP contribution in [0.3, 0.4) is 0 Å². The van der Waals surface area contributed by atoms with Crippen molar-refractivity contribution in [2.75, 3.05) is 24.3 Å². The number of rotatable bonds is 7. The van der Waals surface area contributed by atoms with Crippen molar-refractivity contribution in [3.8, 4) is 17.6 Å². The number of nitrogens with one attached hydrogen (secondary N) is 2. The van der Waals surface area contributed by atoms with E-state index in [1.54, 1.807) is 24.3 Å². The number of hydrogen-bond donors (Lipinski definition) is 5. The SMILES string of the molecule is CCC.COc1cc(S(N)(O)O)ccc1NCC#Cc1cc2c(NC3CCCCC3)cccc2n1CC(F)(F)F. The van der Waals surface area contributed by atoms with E-state index < -0.39 is 23.5 Å². The summed E-state index contributed by atoms with van der Waals surface area (Å²) in [6, 6.07) is 11.8. The first-order valence-electron chi connectivity index (χ1n) is 13.4. The lowest BCUT2D eigenvalue weighted by Gasteiger charge is -2.26. The lowest BCUT2D eigenvalue weighted by atomic mass is 9.95. The van der Waals surface area contributed by atoms with Crippen molar-refractivity contribution in [2.45, 2.75) is 76.0 Å². The lowest BCUT2D eigenvalue weighted by molar-refractivity contribution is -0.140. The molecule has 2 aromatic carbocycles. The number of anilines is 2. The number of nitrogens with two attached hydrogens (primary N) is 1. The summed E-state index contributed by atoms with van der Waals surface area (Å²) in [5.41, 5.74) is 2.10. The van der Waals surface area contributed by atoms with Crippen LogP contribution in [0.1, 0.15) is 58.1 Å². The molecule has 4 rings (SSSR count). The van der Waals surface area contributed by atoms with E-state index in [0.717, 1.165) is 31.4 Å². The maximum atomic E-state index is 13.5. The Morgan fingerprint density at radius 1 is 1.07 bits per heavy atom. The quantitative estimate of drug-likeness (QED) is 0.183. The molecule has 11 heteroatoms. The third-order valence-electron chi connectivity index (χ3n) is 6.35. The van der Waals surface area contributed by atoms with Crippen LogP contribution < -0.4 is 20.5 Å². The zero-order valence-electron chi connectivity index (χ0n) is 23.1. The van der Waals surface area contributed by atoms with Crippen LogP contribution in [-0.2, 0) is 6.54 Å². The molecule has 6 N–H and O–H groups in total. The Kier molecular flexibility index (Phi) is 11.0. The van der Waals surface area contributed by atoms with Gasteiger partial charge in [0.15, 0.2) is 0 Å². The van der Waals surface area contributed by atoms with Crippen LogP contribution in [0.25, 0.3) is 10.9 Å². The summed E-state index contributed by atoms with van der Waals surface area (Å²) in [6.45, 7) is 3.23. The standard InChI is InChI=1S/C26H31F3N4O3S.C3H8/c1-36-25-16-20(37(30,34)35)12-13-23(25)31-14-6-9-19-15-21-22(32-18-7-3-2-4-8-18)10-5-11-24(21)33(19)17-26(27,28)29;1-3-2/h5,10-13,15-16,18,31-32,34-35H,2-4,7-8,14,17,30H2,1H3;3H2,1-2H3. The summed E-state index contributed by atoms with van der Waals surface area (Å²) in [6.07, 6.45) is 2.45. The molecule has 1 saturated carbocycles. The Bertz CT molecular complexity index is 1320. The van der Waals surface area contributed by atoms with Crippen LogP contribution in [0.15, 0.2) is 47.4 Å². The third kappa shape index (κ3) is 8.73. The number of fused-ring (bicyclic) bond motifs is 1. The van der Waals surface area contributed by atoms with Gasteiger partial charge in [-0.15, -0.1) is 10.8 Å². The Morgan fingerprint density at radius 2 is 1.77 bits per heavy atom. The van der Waals surface area contributed by atoms with Crippen molar-refractivity contribution in [2.24, 2.45) is 5.14 Å². The summed E-state index contributed by atoms with van der Waals surface area (Å²) < 4.78 is 66.1. The fourth-order valence-corrected chi connectivity index (χ4v) is 5.16. The molecule has 0 unspecified atom stereocenters. The largest absolute Gasteiger partial charge is 0.495 e. The number of alkyl halides is 3. The van der Waals surface area contributed by atoms with E-state index in [9.17, 15) is 22.3 Å². The molecule has 1 heterocycles. The summed E-state index contributed by atoms with van der Waals surface area (Å²) in [4.78, 5) is 0.121. The zero-order valence-corrected chi connectivity index (χ0v) is 24.0. The number of hydrogen-bond acceptors (Lipinski definition) is 6. The second-order valence-electron chi connectivity index (χ2n) is 9.77. The average molecular weight is 581 g/mol. The van der Waals surface area contributed by atoms with Crippen molar-refractivity contribution >= 4 is 33.1 Å². The molecule has 0 spiro atoms. The van der Waals surface area contributed by atoms with Crippen molar-refractivity contribution in [3.05, 3.63) is 48.2 Å². The molecule has 1 aliphatic carbocycles. The van der Waals surface area contributed by atoms with Gasteiger partial charge in [-0.2, -0.15) is 13.2 Å². The first-order chi connectivity index (χ1) is 19.0. The predicted molar refractivity (Wildman–Crippen MR) is 158 cm³/mol. The van der Waals surface area contributed by atoms with Gasteiger partial charge in [0.25, 0.3) is 0 Å². The van der Waals surface area contributed by atoms with Gasteiger partial charge < -0.3 is 19.9 Å². The third-order valence-corrected chi connectivity index (χ3v) is 7.30. The molecule has 40 heavy (non-hydrogen) atoms. The molecular weight excluding hydrogens is 541 g/mol. The van der Waals surface area contributed by atoms with E-state index in [1.165, 1.54) is 36.7 Å². The minimum absolute atomic E-state index is 0.120. The number of methoxy groups -OCH3 is 1. The van der Waals surface area contributed by atoms with Crippen LogP contribution in [0.4, 0.5) is 24.5 Å². The molecule has 0 radical (unpaired) electrons. The van der Waals surface area contributed by atoms with E-state index in [2.05, 4.69) is 36.3 Å². The van der Waals surface area contributed by atoms with Gasteiger partial charge in [-0.3, -0.25) is 9.11 Å². The Balaban J connectivity index is 0.00000141. The Labute approximate surface area is 235 Å². The molecule has 0 atom stereocenters. The van der Waals surface area contributed by atoms with Crippen LogP contribution in [0, 0.1) is 11.8 Å². The summed E-state index contributed by atoms with van der Waals surface area (Å²) in [7, 11) is -1.97. The Hall–Kier alpha value is -3.04. The molecular formula is C29H39F3N4O3S. The van der Waals surface area contributed by atoms with Crippen LogP contribution in [0.5, 0.6) is 5.75 Å². The molecule has 220 valence electrons. The molecule has 1 aromatic heterocycles. The van der Waals surface area contributed by atoms with Crippen LogP contribution in [0.2, 0.25) is 0 Å². The van der Waals surface area contributed by atoms with Gasteiger partial charge in [0.2, 0.25) is 0 Å². The highest BCUT2D eigenvalue weighted by molar-refractivity contribution is 8.22. The molecule has 1 aliphatic rings. The van der Waals surface area contributed by atoms with Crippen molar-refractivity contribution in [1.82, 2.24) is 4.57 Å². The minimum Gasteiger partial charge on any atom is -0.495 e. The first kappa shape index (κ1) is 31.5. The normalized spacial score (nSPS) is 14.5. The van der Waals surface area contributed by atoms with Gasteiger partial charge in [-0.05, 0) is 49.1 Å². The van der Waals surface area contributed by atoms with Gasteiger partial charge in [0, 0.05) is 23.2 Å². The lowest BCUT2D eigenvalue weighted by Crippen LogP contribution is -2.22. The van der Waals surface area contributed by atoms with Gasteiger partial charge in [-0.25, -0.2) is 5.14 Å². The zero-order chi connectivity index (χ0) is 29.3. The van der Waals surface area contributed by atoms with Gasteiger partial charge in [0.05, 0.1) is 35.4 Å². The molecule has 0 aliphatic heterocycles. The maximum absolute atomic E-state index is 13.5. The van der Waals surface area contributed by atoms with E-state index in [0.29, 0.717) is 28.4 Å². The van der Waals surface area contributed by atoms with E-state index in [4.69, 9.17) is 9.88 Å². The fourth-order valence-electron chi connectivity index (χ4n) is 4.61. The number of aromatic nitrogens is 1. The summed E-state index contributed by atoms with van der Waals surface area (Å²) in [5.74, 6) is 6.10. The van der Waals surface area contributed by atoms with Crippen molar-refractivity contribution in [3.63, 3.8) is 0 Å². The van der Waals surface area contributed by atoms with Crippen LogP contribution >= 0.6 is 10.8 Å². The second kappa shape index (κ2) is 14.0. The first-order valence-corrected chi connectivity index (χ1v) is 15.0. The number of ether oxygens (including phenoxy) is 1. The van der Waals surface area contributed by atoms with Gasteiger partial charge >= 0.3 is 6.18 Å². The van der Waals surface area contributed by atoms with E-state index in [1.807, 2.05) is 6.07 Å². The minimum atomic E-state index is -4.40. The second-order valence-corrected chi connectivity index (χ2v) is 11.4. The molecule has 0 bridgehead atoms. The maximum Gasteiger partial charge on any atom is 0.406 e. The highest BCUT2D eigenvalue weighted by atomic mass is 32.3. The van der Waals surface area contributed by atoms with Gasteiger partial charge in [-0.1, -0.05) is 51.5 Å². The highest BCUT2D eigenvalue weighted by Gasteiger charge is 2.30. The van der Waals surface area contributed by atoms with Crippen LogP contribution in [-0.4, -0.2) is 39.5 Å². The summed E-state index contributed by atoms with van der Waals surface area (Å²) in [5, 5.41) is 12.7. The molecule has 3 aromatic rings. The average Bonchev–Trinajstić information content (AvgIpc) is 3.24. The van der Waals surface area contributed by atoms with Gasteiger partial charge in [0.1, 0.15) is 12.3 Å². The van der Waals surface area contributed by atoms with E-state index in [-0.39, 0.29) is 17.1 Å².